The number of rotatable bonds is 5. The second-order valence-electron chi connectivity index (χ2n) is 12.6. The predicted molar refractivity (Wildman–Crippen MR) is 193 cm³/mol. The number of phenolic OH excluding ortho intramolecular Hbond substituents is 8. The van der Waals surface area contributed by atoms with Gasteiger partial charge in [0.25, 0.3) is 0 Å². The van der Waals surface area contributed by atoms with Crippen molar-refractivity contribution < 1.29 is 45.3 Å². The van der Waals surface area contributed by atoms with Gasteiger partial charge in [-0.3, -0.25) is 0 Å². The fourth-order valence-corrected chi connectivity index (χ4v) is 7.38. The summed E-state index contributed by atoms with van der Waals surface area (Å²) in [5.41, 5.74) is 2.75. The van der Waals surface area contributed by atoms with Crippen molar-refractivity contribution in [2.45, 2.75) is 12.8 Å². The van der Waals surface area contributed by atoms with Gasteiger partial charge < -0.3 is 50.6 Å². The molecule has 0 saturated carbocycles. The summed E-state index contributed by atoms with van der Waals surface area (Å²) in [5, 5.41) is 95.1. The van der Waals surface area contributed by atoms with Crippen LogP contribution in [0.4, 0.5) is 0 Å². The van der Waals surface area contributed by atoms with E-state index in [2.05, 4.69) is 18.3 Å². The molecule has 7 aromatic carbocycles. The zero-order valence-electron chi connectivity index (χ0n) is 26.8. The number of furan rings is 1. The van der Waals surface area contributed by atoms with Crippen LogP contribution in [-0.2, 0) is 0 Å². The van der Waals surface area contributed by atoms with Crippen molar-refractivity contribution >= 4 is 54.3 Å². The summed E-state index contributed by atoms with van der Waals surface area (Å²) in [5.74, 6) is -7.24. The summed E-state index contributed by atoms with van der Waals surface area (Å²) in [6.45, 7) is 2.89. The molecule has 1 heterocycles. The van der Waals surface area contributed by atoms with Gasteiger partial charge >= 0.3 is 0 Å². The number of aromatic hydroxyl groups is 8. The number of hydrogen-bond acceptors (Lipinski definition) is 10. The van der Waals surface area contributed by atoms with Crippen LogP contribution < -0.4 is 5.32 Å². The van der Waals surface area contributed by atoms with Crippen molar-refractivity contribution in [1.29, 1.82) is 0 Å². The highest BCUT2D eigenvalue weighted by Crippen LogP contribution is 2.62. The van der Waals surface area contributed by atoms with Crippen molar-refractivity contribution in [3.8, 4) is 68.2 Å². The van der Waals surface area contributed by atoms with Crippen LogP contribution in [0.15, 0.2) is 83.3 Å². The molecule has 0 aliphatic carbocycles. The van der Waals surface area contributed by atoms with E-state index in [1.54, 1.807) is 42.5 Å². The fourth-order valence-electron chi connectivity index (χ4n) is 7.38. The second kappa shape index (κ2) is 11.0. The second-order valence-corrected chi connectivity index (χ2v) is 12.6. The highest BCUT2D eigenvalue weighted by molar-refractivity contribution is 6.32. The number of nitrogens with one attached hydrogen (secondary N) is 1. The summed E-state index contributed by atoms with van der Waals surface area (Å²) in [6, 6.07) is 23.3. The van der Waals surface area contributed by atoms with E-state index in [1.165, 1.54) is 0 Å². The van der Waals surface area contributed by atoms with Crippen molar-refractivity contribution in [2.75, 3.05) is 13.6 Å². The van der Waals surface area contributed by atoms with Crippen LogP contribution >= 0.6 is 0 Å². The van der Waals surface area contributed by atoms with Gasteiger partial charge in [0.05, 0.1) is 0 Å². The van der Waals surface area contributed by atoms with E-state index in [0.29, 0.717) is 27.7 Å². The minimum Gasteiger partial charge on any atom is -0.504 e. The fraction of sp³-hybridized carbons (Fsp3) is 0.100. The third-order valence-corrected chi connectivity index (χ3v) is 9.71. The Morgan fingerprint density at radius 1 is 0.520 bits per heavy atom. The van der Waals surface area contributed by atoms with E-state index in [4.69, 9.17) is 4.42 Å². The average Bonchev–Trinajstić information content (AvgIpc) is 3.51. The van der Waals surface area contributed by atoms with Gasteiger partial charge in [0, 0.05) is 50.0 Å². The molecule has 0 fully saturated rings. The molecule has 0 aliphatic rings. The molecule has 0 spiro atoms. The Kier molecular flexibility index (Phi) is 6.78. The van der Waals surface area contributed by atoms with Crippen LogP contribution in [-0.4, -0.2) is 54.4 Å². The quantitative estimate of drug-likeness (QED) is 0.0490. The van der Waals surface area contributed by atoms with E-state index in [0.717, 1.165) is 28.3 Å². The Balaban J connectivity index is 1.64. The highest BCUT2D eigenvalue weighted by Gasteiger charge is 2.33. The molecule has 10 heteroatoms. The molecule has 0 unspecified atom stereocenters. The number of phenols is 8. The minimum atomic E-state index is -1.03. The number of fused-ring (bicyclic) bond motifs is 7. The van der Waals surface area contributed by atoms with E-state index in [-0.39, 0.29) is 38.6 Å². The van der Waals surface area contributed by atoms with Gasteiger partial charge in [-0.15, -0.1) is 0 Å². The monoisotopic (exact) mass is 669 g/mol. The highest BCUT2D eigenvalue weighted by atomic mass is 16.4. The maximum absolute atomic E-state index is 11.6. The number of benzene rings is 7. The van der Waals surface area contributed by atoms with Crippen LogP contribution in [0.5, 0.6) is 46.0 Å². The lowest BCUT2D eigenvalue weighted by atomic mass is 9.82. The molecular formula is C40H31NO9. The zero-order valence-corrected chi connectivity index (χ0v) is 26.8. The third kappa shape index (κ3) is 4.12. The lowest BCUT2D eigenvalue weighted by Gasteiger charge is -2.23. The lowest BCUT2D eigenvalue weighted by Crippen LogP contribution is -2.14. The summed E-state index contributed by atoms with van der Waals surface area (Å²) in [6.07, 6.45) is 0. The molecule has 1 aromatic heterocycles. The van der Waals surface area contributed by atoms with Crippen LogP contribution in [0.1, 0.15) is 18.4 Å². The van der Waals surface area contributed by atoms with Crippen LogP contribution in [0.2, 0.25) is 0 Å². The minimum absolute atomic E-state index is 0.0112. The van der Waals surface area contributed by atoms with Crippen molar-refractivity contribution in [3.63, 3.8) is 0 Å². The van der Waals surface area contributed by atoms with E-state index >= 15 is 0 Å². The molecule has 0 radical (unpaired) electrons. The molecule has 10 nitrogen and oxygen atoms in total. The van der Waals surface area contributed by atoms with E-state index in [1.807, 2.05) is 37.4 Å². The maximum atomic E-state index is 11.6. The largest absolute Gasteiger partial charge is 0.504 e. The first kappa shape index (κ1) is 30.8. The van der Waals surface area contributed by atoms with Crippen molar-refractivity contribution in [3.05, 3.63) is 84.4 Å². The summed E-state index contributed by atoms with van der Waals surface area (Å²) in [4.78, 5) is 0. The molecule has 0 saturated heterocycles. The van der Waals surface area contributed by atoms with E-state index < -0.39 is 46.0 Å². The Bertz CT molecular complexity index is 2640. The molecular weight excluding hydrogens is 638 g/mol. The number of hydrogen-bond donors (Lipinski definition) is 9. The molecule has 9 N–H and O–H groups in total. The molecule has 1 atom stereocenters. The Labute approximate surface area is 283 Å². The van der Waals surface area contributed by atoms with Gasteiger partial charge in [-0.05, 0) is 58.6 Å². The van der Waals surface area contributed by atoms with Gasteiger partial charge in [-0.25, -0.2) is 0 Å². The molecule has 50 heavy (non-hydrogen) atoms. The third-order valence-electron chi connectivity index (χ3n) is 9.71. The normalized spacial score (nSPS) is 12.5. The Hall–Kier alpha value is -6.52. The summed E-state index contributed by atoms with van der Waals surface area (Å²) < 4.78 is 6.41. The van der Waals surface area contributed by atoms with Crippen molar-refractivity contribution in [1.82, 2.24) is 5.32 Å². The Morgan fingerprint density at radius 2 is 1.04 bits per heavy atom. The topological polar surface area (TPSA) is 187 Å². The van der Waals surface area contributed by atoms with Crippen LogP contribution in [0.3, 0.4) is 0 Å². The maximum Gasteiger partial charge on any atom is 0.204 e. The SMILES string of the molecule is CNC[C@H](C)c1ccc2oc3cc(-c4c5c(O)c(O)c(O)c(O)c5c(-c5ccccc5)c5c(O)c(O)c(O)c(O)c45)c4ccccc4c3c2c1. The zero-order chi connectivity index (χ0) is 35.2. The molecule has 0 amide bonds. The van der Waals surface area contributed by atoms with Crippen molar-refractivity contribution in [2.24, 2.45) is 0 Å². The molecule has 8 aromatic rings. The molecule has 8 rings (SSSR count). The number of likely N-dealkylation sites (N-methyl/N-ethyl adjacent to an activating group) is 1. The van der Waals surface area contributed by atoms with Gasteiger partial charge in [0.15, 0.2) is 23.0 Å². The van der Waals surface area contributed by atoms with Crippen LogP contribution in [0.25, 0.3) is 76.5 Å². The van der Waals surface area contributed by atoms with Gasteiger partial charge in [-0.1, -0.05) is 67.6 Å². The lowest BCUT2D eigenvalue weighted by molar-refractivity contribution is 0.350. The smallest absolute Gasteiger partial charge is 0.204 e. The first-order chi connectivity index (χ1) is 24.0. The predicted octanol–water partition coefficient (Wildman–Crippen LogP) is 8.35. The van der Waals surface area contributed by atoms with Crippen LogP contribution in [0, 0.1) is 0 Å². The Morgan fingerprint density at radius 3 is 1.60 bits per heavy atom. The molecule has 250 valence electrons. The van der Waals surface area contributed by atoms with Gasteiger partial charge in [0.1, 0.15) is 11.2 Å². The molecule has 0 bridgehead atoms. The van der Waals surface area contributed by atoms with Gasteiger partial charge in [0.2, 0.25) is 23.0 Å². The van der Waals surface area contributed by atoms with E-state index in [9.17, 15) is 40.9 Å². The molecule has 0 aliphatic heterocycles. The summed E-state index contributed by atoms with van der Waals surface area (Å²) >= 11 is 0. The standard InChI is InChI=1S/C40H31NO9/c1-17(16-41-2)19-12-13-24-23(14-19)27-21-11-7-6-10-20(21)22(15-25(27)50-24)28-31-29(33(42)37(46)39(48)35(31)44)26(18-8-4-3-5-9-18)30-32(28)36(45)40(49)38(47)34(30)43/h3-15,17,41-49H,16H2,1-2H3/t17-/m0/s1. The van der Waals surface area contributed by atoms with Gasteiger partial charge in [-0.2, -0.15) is 0 Å². The summed E-state index contributed by atoms with van der Waals surface area (Å²) in [7, 11) is 1.90. The average molecular weight is 670 g/mol. The first-order valence-electron chi connectivity index (χ1n) is 15.9. The first-order valence-corrected chi connectivity index (χ1v) is 15.9.